The third-order valence-corrected chi connectivity index (χ3v) is 6.71. The fraction of sp³-hybridized carbons (Fsp3) is 0.400. The van der Waals surface area contributed by atoms with Crippen molar-refractivity contribution in [1.82, 2.24) is 15.2 Å². The van der Waals surface area contributed by atoms with Crippen molar-refractivity contribution in [2.24, 2.45) is 0 Å². The van der Waals surface area contributed by atoms with E-state index in [0.717, 1.165) is 11.3 Å². The predicted octanol–water partition coefficient (Wildman–Crippen LogP) is -0.0988. The highest BCUT2D eigenvalue weighted by atomic mass is 35.5. The molecule has 0 spiro atoms. The number of rotatable bonds is 5. The summed E-state index contributed by atoms with van der Waals surface area (Å²) in [4.78, 5) is 19.1. The molecule has 1 N–H and O–H groups in total. The summed E-state index contributed by atoms with van der Waals surface area (Å²) < 4.78 is 30.1. The third kappa shape index (κ3) is 4.70. The van der Waals surface area contributed by atoms with Gasteiger partial charge in [0.05, 0.1) is 10.7 Å². The van der Waals surface area contributed by atoms with E-state index in [1.807, 2.05) is 50.4 Å². The van der Waals surface area contributed by atoms with E-state index in [9.17, 15) is 9.18 Å². The lowest BCUT2D eigenvalue weighted by molar-refractivity contribution is 0.0245. The number of pyridine rings is 1. The first-order chi connectivity index (χ1) is 14.4. The molecule has 4 nitrogen and oxygen atoms in total. The van der Waals surface area contributed by atoms with Gasteiger partial charge in [-0.25, -0.2) is 8.78 Å². The summed E-state index contributed by atoms with van der Waals surface area (Å²) in [5, 5.41) is 1.50. The van der Waals surface area contributed by atoms with Crippen LogP contribution in [0.1, 0.15) is 21.6 Å². The minimum absolute atomic E-state index is 0.102. The van der Waals surface area contributed by atoms with Crippen LogP contribution in [-0.2, 0) is 6.54 Å². The molecule has 2 heterocycles. The lowest BCUT2D eigenvalue weighted by Crippen LogP contribution is -2.67. The molecule has 1 aliphatic heterocycles. The first kappa shape index (κ1) is 23.9. The Morgan fingerprint density at radius 2 is 1.84 bits per heavy atom. The number of aryl methyl sites for hydroxylation is 1. The minimum Gasteiger partial charge on any atom is -0.340 e. The number of piperidine rings is 1. The molecule has 1 fully saturated rings. The van der Waals surface area contributed by atoms with E-state index in [1.54, 1.807) is 11.1 Å². The largest absolute Gasteiger partial charge is 0.340 e. The molecule has 31 heavy (non-hydrogen) atoms. The number of hydrogen-bond acceptors (Lipinski definition) is 3. The van der Waals surface area contributed by atoms with Crippen LogP contribution < -0.4 is 5.32 Å². The summed E-state index contributed by atoms with van der Waals surface area (Å²) in [5.41, 5.74) is 0.660. The van der Waals surface area contributed by atoms with Crippen molar-refractivity contribution in [1.29, 1.82) is 0 Å². The lowest BCUT2D eigenvalue weighted by Gasteiger charge is -2.58. The highest BCUT2D eigenvalue weighted by molar-refractivity contribution is 6.47. The maximum absolute atomic E-state index is 16.6. The fourth-order valence-corrected chi connectivity index (χ4v) is 4.76. The van der Waals surface area contributed by atoms with Crippen molar-refractivity contribution in [2.75, 3.05) is 19.6 Å². The van der Waals surface area contributed by atoms with E-state index in [-0.39, 0.29) is 30.6 Å². The minimum atomic E-state index is -1.57. The Morgan fingerprint density at radius 1 is 1.19 bits per heavy atom. The van der Waals surface area contributed by atoms with Crippen LogP contribution in [0.15, 0.2) is 36.5 Å². The maximum Gasteiger partial charge on any atom is 0.253 e. The molecule has 1 amide bonds. The van der Waals surface area contributed by atoms with Gasteiger partial charge in [-0.15, -0.1) is 0 Å². The summed E-state index contributed by atoms with van der Waals surface area (Å²) in [5.74, 6) is -0.851. The molecule has 11 heteroatoms. The van der Waals surface area contributed by atoms with E-state index < -0.39 is 21.9 Å². The monoisotopic (exact) mass is 441 g/mol. The summed E-state index contributed by atoms with van der Waals surface area (Å²) in [6, 6.07) is 7.83. The van der Waals surface area contributed by atoms with Crippen molar-refractivity contribution < 1.29 is 13.6 Å². The topological polar surface area (TPSA) is 45.2 Å². The Morgan fingerprint density at radius 3 is 2.39 bits per heavy atom. The Hall–Kier alpha value is -1.79. The second kappa shape index (κ2) is 8.62. The van der Waals surface area contributed by atoms with Gasteiger partial charge in [0.15, 0.2) is 0 Å². The highest BCUT2D eigenvalue weighted by Gasteiger charge is 2.59. The van der Waals surface area contributed by atoms with E-state index in [0.29, 0.717) is 12.1 Å². The first-order valence-electron chi connectivity index (χ1n) is 10.4. The second-order valence-corrected chi connectivity index (χ2v) is 10.2. The molecule has 1 aliphatic rings. The Kier molecular flexibility index (Phi) is 6.64. The molecule has 0 saturated carbocycles. The number of carbonyl (C=O) groups excluding carboxylic acids is 1. The van der Waals surface area contributed by atoms with Gasteiger partial charge in [0.1, 0.15) is 42.9 Å². The average molecular weight is 441 g/mol. The SMILES string of the molecule is BC1(B)CN(C(=O)c2ccc(F)c(Cl)c2)CC(B)(B)C1(F)CNCc1ccc(C)cn1. The number of nitrogens with one attached hydrogen (secondary N) is 1. The summed E-state index contributed by atoms with van der Waals surface area (Å²) in [7, 11) is 7.38. The smallest absolute Gasteiger partial charge is 0.253 e. The third-order valence-electron chi connectivity index (χ3n) is 6.42. The van der Waals surface area contributed by atoms with Gasteiger partial charge in [-0.2, -0.15) is 0 Å². The first-order valence-corrected chi connectivity index (χ1v) is 10.8. The molecular formula is C20H26B4ClF2N3O. The number of alkyl halides is 1. The lowest BCUT2D eigenvalue weighted by atomic mass is 9.32. The molecule has 0 atom stereocenters. The molecule has 0 bridgehead atoms. The van der Waals surface area contributed by atoms with Gasteiger partial charge in [-0.05, 0) is 47.2 Å². The molecule has 0 aliphatic carbocycles. The molecule has 3 rings (SSSR count). The molecule has 2 aromatic rings. The zero-order chi connectivity index (χ0) is 23.0. The summed E-state index contributed by atoms with van der Waals surface area (Å²) in [6.07, 6.45) is 1.79. The summed E-state index contributed by atoms with van der Waals surface area (Å²) >= 11 is 5.85. The quantitative estimate of drug-likeness (QED) is 0.660. The van der Waals surface area contributed by atoms with Crippen LogP contribution >= 0.6 is 11.6 Å². The molecule has 1 saturated heterocycles. The van der Waals surface area contributed by atoms with Crippen LogP contribution in [0.3, 0.4) is 0 Å². The molecule has 0 radical (unpaired) electrons. The Bertz CT molecular complexity index is 957. The maximum atomic E-state index is 16.6. The van der Waals surface area contributed by atoms with Crippen molar-refractivity contribution in [3.05, 3.63) is 64.2 Å². The van der Waals surface area contributed by atoms with E-state index >= 15 is 4.39 Å². The van der Waals surface area contributed by atoms with Crippen LogP contribution in [0.2, 0.25) is 15.5 Å². The van der Waals surface area contributed by atoms with Crippen molar-refractivity contribution in [3.8, 4) is 0 Å². The molecule has 1 aromatic heterocycles. The molecular weight excluding hydrogens is 415 g/mol. The van der Waals surface area contributed by atoms with Crippen LogP contribution in [-0.4, -0.2) is 72.5 Å². The van der Waals surface area contributed by atoms with Gasteiger partial charge in [-0.1, -0.05) is 17.7 Å². The number of halogens is 3. The number of nitrogens with zero attached hydrogens (tertiary/aromatic N) is 2. The normalized spacial score (nSPS) is 19.2. The predicted molar refractivity (Wildman–Crippen MR) is 131 cm³/mol. The Balaban J connectivity index is 1.75. The number of amides is 1. The molecule has 1 aromatic carbocycles. The van der Waals surface area contributed by atoms with Crippen LogP contribution in [0.5, 0.6) is 0 Å². The zero-order valence-corrected chi connectivity index (χ0v) is 19.5. The van der Waals surface area contributed by atoms with Crippen molar-refractivity contribution >= 4 is 48.9 Å². The van der Waals surface area contributed by atoms with E-state index in [4.69, 9.17) is 11.6 Å². The average Bonchev–Trinajstić information content (AvgIpc) is 2.69. The number of carbonyl (C=O) groups is 1. The van der Waals surface area contributed by atoms with Crippen molar-refractivity contribution in [3.63, 3.8) is 0 Å². The fourth-order valence-electron chi connectivity index (χ4n) is 4.58. The van der Waals surface area contributed by atoms with Gasteiger partial charge < -0.3 is 10.2 Å². The van der Waals surface area contributed by atoms with E-state index in [2.05, 4.69) is 10.3 Å². The number of hydrogen-bond donors (Lipinski definition) is 1. The number of benzene rings is 1. The highest BCUT2D eigenvalue weighted by Crippen LogP contribution is 2.54. The van der Waals surface area contributed by atoms with Gasteiger partial charge in [0, 0.05) is 37.9 Å². The van der Waals surface area contributed by atoms with Crippen LogP contribution in [0.4, 0.5) is 8.78 Å². The molecule has 160 valence electrons. The van der Waals surface area contributed by atoms with Gasteiger partial charge in [0.25, 0.3) is 5.91 Å². The molecule has 0 unspecified atom stereocenters. The van der Waals surface area contributed by atoms with Gasteiger partial charge in [-0.3, -0.25) is 9.78 Å². The number of likely N-dealkylation sites (tertiary alicyclic amines) is 1. The zero-order valence-electron chi connectivity index (χ0n) is 18.7. The van der Waals surface area contributed by atoms with Crippen LogP contribution in [0, 0.1) is 12.7 Å². The van der Waals surface area contributed by atoms with Crippen LogP contribution in [0.25, 0.3) is 0 Å². The second-order valence-electron chi connectivity index (χ2n) is 9.79. The van der Waals surface area contributed by atoms with Gasteiger partial charge in [0.2, 0.25) is 0 Å². The van der Waals surface area contributed by atoms with E-state index in [1.165, 1.54) is 18.2 Å². The van der Waals surface area contributed by atoms with Crippen molar-refractivity contribution in [2.45, 2.75) is 29.6 Å². The summed E-state index contributed by atoms with van der Waals surface area (Å²) in [6.45, 7) is 3.07. The number of aromatic nitrogens is 1. The standard InChI is InChI=1S/C20H26B4ClF2N3O/c1-12-2-4-14(29-7-12)8-28-9-18(27)19(21,22)10-30(11-20(18,23)24)17(31)13-3-5-16(26)15(25)6-13/h2-7,28H,8-11,21-24H2,1H3. The Labute approximate surface area is 191 Å². The van der Waals surface area contributed by atoms with Gasteiger partial charge >= 0.3 is 0 Å².